The monoisotopic (exact) mass is 420 g/mol. The molecule has 3 rings (SSSR count). The van der Waals surface area contributed by atoms with E-state index in [0.29, 0.717) is 10.2 Å². The van der Waals surface area contributed by atoms with Crippen LogP contribution >= 0.6 is 15.9 Å². The van der Waals surface area contributed by atoms with Gasteiger partial charge >= 0.3 is 5.69 Å². The number of aromatic hydroxyl groups is 2. The van der Waals surface area contributed by atoms with Crippen LogP contribution in [0.5, 0.6) is 11.5 Å². The molecule has 0 fully saturated rings. The van der Waals surface area contributed by atoms with Crippen molar-refractivity contribution in [3.63, 3.8) is 0 Å². The van der Waals surface area contributed by atoms with Gasteiger partial charge in [-0.2, -0.15) is 4.98 Å². The first-order valence-electron chi connectivity index (χ1n) is 7.38. The number of benzene rings is 1. The number of aromatic nitrogens is 3. The number of aryl methyl sites for hydroxylation is 1. The Bertz CT molecular complexity index is 1050. The number of halogens is 1. The molecular formula is C16H13BrN4O5. The van der Waals surface area contributed by atoms with Crippen LogP contribution < -0.4 is 0 Å². The van der Waals surface area contributed by atoms with Crippen molar-refractivity contribution in [1.29, 1.82) is 0 Å². The third-order valence-corrected chi connectivity index (χ3v) is 4.69. The molecule has 0 saturated heterocycles. The number of hydrogen-bond donors (Lipinski definition) is 2. The molecule has 0 unspecified atom stereocenters. The SMILES string of the molecule is Cc1nc(Br)c(-c2nc(-c3cc(O)c(O)c([N+](=O)[O-])c3)no2)c(C)c1C. The minimum atomic E-state index is -0.820. The summed E-state index contributed by atoms with van der Waals surface area (Å²) in [7, 11) is 0. The number of hydrogen-bond acceptors (Lipinski definition) is 8. The molecule has 0 aliphatic heterocycles. The van der Waals surface area contributed by atoms with Gasteiger partial charge in [-0.1, -0.05) is 5.16 Å². The lowest BCUT2D eigenvalue weighted by molar-refractivity contribution is -0.385. The van der Waals surface area contributed by atoms with Crippen molar-refractivity contribution >= 4 is 21.6 Å². The molecule has 2 N–H and O–H groups in total. The van der Waals surface area contributed by atoms with E-state index in [2.05, 4.69) is 31.1 Å². The van der Waals surface area contributed by atoms with Crippen LogP contribution in [-0.2, 0) is 0 Å². The number of phenolic OH excluding ortho intramolecular Hbond substituents is 2. The highest BCUT2D eigenvalue weighted by molar-refractivity contribution is 9.10. The van der Waals surface area contributed by atoms with Gasteiger partial charge in [0.1, 0.15) is 4.60 Å². The maximum Gasteiger partial charge on any atom is 0.315 e. The van der Waals surface area contributed by atoms with E-state index in [9.17, 15) is 20.3 Å². The van der Waals surface area contributed by atoms with Crippen LogP contribution in [-0.4, -0.2) is 30.3 Å². The Labute approximate surface area is 155 Å². The van der Waals surface area contributed by atoms with Crippen LogP contribution in [0.25, 0.3) is 22.8 Å². The third-order valence-electron chi connectivity index (χ3n) is 4.12. The Morgan fingerprint density at radius 1 is 1.15 bits per heavy atom. The van der Waals surface area contributed by atoms with Crippen molar-refractivity contribution in [1.82, 2.24) is 15.1 Å². The fourth-order valence-corrected chi connectivity index (χ4v) is 3.20. The normalized spacial score (nSPS) is 10.9. The molecule has 26 heavy (non-hydrogen) atoms. The zero-order valence-corrected chi connectivity index (χ0v) is 15.5. The van der Waals surface area contributed by atoms with Crippen molar-refractivity contribution in [2.75, 3.05) is 0 Å². The highest BCUT2D eigenvalue weighted by Crippen LogP contribution is 2.39. The molecule has 0 aliphatic rings. The smallest absolute Gasteiger partial charge is 0.315 e. The molecule has 134 valence electrons. The maximum absolute atomic E-state index is 11.0. The lowest BCUT2D eigenvalue weighted by Crippen LogP contribution is -1.97. The molecule has 2 heterocycles. The minimum absolute atomic E-state index is 0.0305. The second-order valence-electron chi connectivity index (χ2n) is 5.66. The Morgan fingerprint density at radius 3 is 2.50 bits per heavy atom. The predicted molar refractivity (Wildman–Crippen MR) is 94.9 cm³/mol. The van der Waals surface area contributed by atoms with Crippen molar-refractivity contribution in [2.45, 2.75) is 20.8 Å². The van der Waals surface area contributed by atoms with Crippen LogP contribution in [0.4, 0.5) is 5.69 Å². The number of nitro groups is 1. The molecule has 0 saturated carbocycles. The molecular weight excluding hydrogens is 408 g/mol. The second-order valence-corrected chi connectivity index (χ2v) is 6.41. The van der Waals surface area contributed by atoms with Crippen LogP contribution in [0.1, 0.15) is 16.8 Å². The molecule has 0 radical (unpaired) electrons. The number of nitrogens with zero attached hydrogens (tertiary/aromatic N) is 4. The average molecular weight is 421 g/mol. The van der Waals surface area contributed by atoms with E-state index >= 15 is 0 Å². The van der Waals surface area contributed by atoms with Gasteiger partial charge in [-0.3, -0.25) is 10.1 Å². The van der Waals surface area contributed by atoms with Crippen molar-refractivity contribution in [3.8, 4) is 34.3 Å². The van der Waals surface area contributed by atoms with Gasteiger partial charge in [0.25, 0.3) is 5.89 Å². The maximum atomic E-state index is 11.0. The van der Waals surface area contributed by atoms with E-state index in [0.717, 1.165) is 29.0 Å². The molecule has 10 heteroatoms. The highest BCUT2D eigenvalue weighted by atomic mass is 79.9. The lowest BCUT2D eigenvalue weighted by Gasteiger charge is -2.09. The summed E-state index contributed by atoms with van der Waals surface area (Å²) in [5.74, 6) is -1.26. The Morgan fingerprint density at radius 2 is 1.85 bits per heavy atom. The summed E-state index contributed by atoms with van der Waals surface area (Å²) >= 11 is 3.38. The topological polar surface area (TPSA) is 135 Å². The number of nitro benzene ring substituents is 1. The standard InChI is InChI=1S/C16H13BrN4O5/c1-6-7(2)12(14(17)18-8(6)3)16-19-15(20-26-16)9-4-10(21(24)25)13(23)11(22)5-9/h4-5,22-23H,1-3H3. The van der Waals surface area contributed by atoms with E-state index in [1.54, 1.807) is 0 Å². The zero-order valence-electron chi connectivity index (χ0n) is 13.9. The quantitative estimate of drug-likeness (QED) is 0.282. The van der Waals surface area contributed by atoms with Crippen LogP contribution in [0.3, 0.4) is 0 Å². The molecule has 9 nitrogen and oxygen atoms in total. The van der Waals surface area contributed by atoms with Gasteiger partial charge in [-0.25, -0.2) is 4.98 Å². The molecule has 0 bridgehead atoms. The number of phenols is 2. The largest absolute Gasteiger partial charge is 0.504 e. The number of pyridine rings is 1. The minimum Gasteiger partial charge on any atom is -0.504 e. The summed E-state index contributed by atoms with van der Waals surface area (Å²) in [6.07, 6.45) is 0. The molecule has 0 spiro atoms. The molecule has 2 aromatic heterocycles. The fourth-order valence-electron chi connectivity index (χ4n) is 2.46. The Kier molecular flexibility index (Phi) is 4.36. The molecule has 1 aromatic carbocycles. The Balaban J connectivity index is 2.13. The van der Waals surface area contributed by atoms with Crippen LogP contribution in [0.15, 0.2) is 21.3 Å². The summed E-state index contributed by atoms with van der Waals surface area (Å²) in [6, 6.07) is 2.18. The predicted octanol–water partition coefficient (Wildman–Crippen LogP) is 3.81. The summed E-state index contributed by atoms with van der Waals surface area (Å²) in [5, 5.41) is 34.1. The summed E-state index contributed by atoms with van der Waals surface area (Å²) in [4.78, 5) is 18.8. The first-order chi connectivity index (χ1) is 12.2. The highest BCUT2D eigenvalue weighted by Gasteiger charge is 2.23. The van der Waals surface area contributed by atoms with Gasteiger partial charge in [-0.15, -0.1) is 0 Å². The lowest BCUT2D eigenvalue weighted by atomic mass is 10.0. The van der Waals surface area contributed by atoms with Crippen molar-refractivity contribution in [2.24, 2.45) is 0 Å². The van der Waals surface area contributed by atoms with Crippen molar-refractivity contribution < 1.29 is 19.7 Å². The van der Waals surface area contributed by atoms with Gasteiger partial charge in [0, 0.05) is 17.3 Å². The first-order valence-corrected chi connectivity index (χ1v) is 8.18. The van der Waals surface area contributed by atoms with Gasteiger partial charge in [0.05, 0.1) is 10.5 Å². The summed E-state index contributed by atoms with van der Waals surface area (Å²) in [5.41, 5.74) is 2.82. The van der Waals surface area contributed by atoms with Gasteiger partial charge in [-0.05, 0) is 53.9 Å². The van der Waals surface area contributed by atoms with Gasteiger partial charge in [0.15, 0.2) is 5.75 Å². The third kappa shape index (κ3) is 2.88. The van der Waals surface area contributed by atoms with E-state index in [1.165, 1.54) is 0 Å². The van der Waals surface area contributed by atoms with Crippen molar-refractivity contribution in [3.05, 3.63) is 43.7 Å². The fraction of sp³-hybridized carbons (Fsp3) is 0.188. The zero-order chi connectivity index (χ0) is 19.2. The second kappa shape index (κ2) is 6.37. The van der Waals surface area contributed by atoms with E-state index in [-0.39, 0.29) is 17.3 Å². The average Bonchev–Trinajstić information content (AvgIpc) is 3.04. The van der Waals surface area contributed by atoms with Crippen LogP contribution in [0.2, 0.25) is 0 Å². The molecule has 0 amide bonds. The first kappa shape index (κ1) is 17.8. The number of rotatable bonds is 3. The molecule has 0 atom stereocenters. The summed E-state index contributed by atoms with van der Waals surface area (Å²) < 4.78 is 5.82. The van der Waals surface area contributed by atoms with Gasteiger partial charge < -0.3 is 14.7 Å². The van der Waals surface area contributed by atoms with Gasteiger partial charge in [0.2, 0.25) is 11.6 Å². The van der Waals surface area contributed by atoms with Crippen LogP contribution in [0, 0.1) is 30.9 Å². The van der Waals surface area contributed by atoms with E-state index < -0.39 is 22.1 Å². The molecule has 3 aromatic rings. The van der Waals surface area contributed by atoms with E-state index in [1.807, 2.05) is 20.8 Å². The van der Waals surface area contributed by atoms with E-state index in [4.69, 9.17) is 4.52 Å². The molecule has 0 aliphatic carbocycles. The Hall–Kier alpha value is -3.01. The summed E-state index contributed by atoms with van der Waals surface area (Å²) in [6.45, 7) is 5.70.